The van der Waals surface area contributed by atoms with Gasteiger partial charge >= 0.3 is 0 Å². The molecule has 0 saturated heterocycles. The number of thiocarbonyl (C=S) groups is 1. The van der Waals surface area contributed by atoms with E-state index in [-0.39, 0.29) is 11.9 Å². The molecule has 0 fully saturated rings. The van der Waals surface area contributed by atoms with Crippen LogP contribution in [0.3, 0.4) is 0 Å². The van der Waals surface area contributed by atoms with Gasteiger partial charge in [0, 0.05) is 29.7 Å². The van der Waals surface area contributed by atoms with Crippen LogP contribution in [0, 0.1) is 5.82 Å². The highest BCUT2D eigenvalue weighted by Gasteiger charge is 2.16. The molecule has 1 N–H and O–H groups in total. The number of benzene rings is 2. The van der Waals surface area contributed by atoms with Crippen molar-refractivity contribution in [2.24, 2.45) is 0 Å². The molecule has 0 aliphatic carbocycles. The zero-order chi connectivity index (χ0) is 17.5. The van der Waals surface area contributed by atoms with Crippen molar-refractivity contribution < 1.29 is 4.39 Å². The molecule has 24 heavy (non-hydrogen) atoms. The Morgan fingerprint density at radius 2 is 1.88 bits per heavy atom. The van der Waals surface area contributed by atoms with Crippen molar-refractivity contribution in [1.29, 1.82) is 0 Å². The molecule has 2 rings (SSSR count). The number of hydrogen-bond acceptors (Lipinski definition) is 1. The Bertz CT molecular complexity index is 658. The van der Waals surface area contributed by atoms with Gasteiger partial charge in [-0.15, -0.1) is 0 Å². The van der Waals surface area contributed by atoms with Crippen LogP contribution in [0.5, 0.6) is 0 Å². The molecule has 0 spiro atoms. The van der Waals surface area contributed by atoms with Gasteiger partial charge in [-0.25, -0.2) is 4.39 Å². The SMILES string of the molecule is CC[C@@H](C)NC(=S)N(Cc1ccccc1)Cc1c(F)cccc1Cl. The minimum atomic E-state index is -0.313. The smallest absolute Gasteiger partial charge is 0.169 e. The number of nitrogens with zero attached hydrogens (tertiary/aromatic N) is 1. The van der Waals surface area contributed by atoms with Gasteiger partial charge < -0.3 is 10.2 Å². The average molecular weight is 365 g/mol. The van der Waals surface area contributed by atoms with Gasteiger partial charge in [0.05, 0.1) is 0 Å². The molecule has 0 aliphatic heterocycles. The molecule has 1 atom stereocenters. The lowest BCUT2D eigenvalue weighted by molar-refractivity contribution is 0.384. The van der Waals surface area contributed by atoms with E-state index in [2.05, 4.69) is 19.2 Å². The molecule has 0 saturated carbocycles. The molecule has 0 heterocycles. The van der Waals surface area contributed by atoms with E-state index < -0.39 is 0 Å². The van der Waals surface area contributed by atoms with Crippen LogP contribution in [-0.2, 0) is 13.1 Å². The van der Waals surface area contributed by atoms with Crippen LogP contribution in [0.25, 0.3) is 0 Å². The molecule has 2 aromatic rings. The summed E-state index contributed by atoms with van der Waals surface area (Å²) in [7, 11) is 0. The first-order valence-electron chi connectivity index (χ1n) is 8.03. The monoisotopic (exact) mass is 364 g/mol. The fourth-order valence-corrected chi connectivity index (χ4v) is 2.83. The summed E-state index contributed by atoms with van der Waals surface area (Å²) in [6.07, 6.45) is 0.958. The van der Waals surface area contributed by atoms with Gasteiger partial charge in [-0.3, -0.25) is 0 Å². The number of hydrogen-bond donors (Lipinski definition) is 1. The molecule has 128 valence electrons. The fourth-order valence-electron chi connectivity index (χ4n) is 2.28. The van der Waals surface area contributed by atoms with E-state index in [9.17, 15) is 4.39 Å². The molecular weight excluding hydrogens is 343 g/mol. The lowest BCUT2D eigenvalue weighted by atomic mass is 10.1. The third-order valence-electron chi connectivity index (χ3n) is 3.90. The number of nitrogens with one attached hydrogen (secondary N) is 1. The molecule has 0 aliphatic rings. The first kappa shape index (κ1) is 18.7. The lowest BCUT2D eigenvalue weighted by Crippen LogP contribution is -2.42. The molecule has 2 nitrogen and oxygen atoms in total. The van der Waals surface area contributed by atoms with Crippen LogP contribution in [-0.4, -0.2) is 16.1 Å². The van der Waals surface area contributed by atoms with E-state index in [1.807, 2.05) is 35.2 Å². The Hall–Kier alpha value is -1.65. The Morgan fingerprint density at radius 3 is 2.50 bits per heavy atom. The second-order valence-electron chi connectivity index (χ2n) is 5.80. The summed E-state index contributed by atoms with van der Waals surface area (Å²) in [5, 5.41) is 4.32. The van der Waals surface area contributed by atoms with Crippen molar-refractivity contribution >= 4 is 28.9 Å². The topological polar surface area (TPSA) is 15.3 Å². The maximum Gasteiger partial charge on any atom is 0.169 e. The van der Waals surface area contributed by atoms with Gasteiger partial charge in [-0.05, 0) is 43.3 Å². The summed E-state index contributed by atoms with van der Waals surface area (Å²) in [6, 6.07) is 15.0. The Balaban J connectivity index is 2.23. The van der Waals surface area contributed by atoms with Crippen molar-refractivity contribution in [2.45, 2.75) is 39.4 Å². The summed E-state index contributed by atoms with van der Waals surface area (Å²) in [5.41, 5.74) is 1.57. The average Bonchev–Trinajstić information content (AvgIpc) is 2.58. The van der Waals surface area contributed by atoms with E-state index >= 15 is 0 Å². The van der Waals surface area contributed by atoms with Gasteiger partial charge in [0.15, 0.2) is 5.11 Å². The van der Waals surface area contributed by atoms with Crippen LogP contribution in [0.1, 0.15) is 31.4 Å². The third kappa shape index (κ3) is 5.18. The summed E-state index contributed by atoms with van der Waals surface area (Å²) in [5.74, 6) is -0.313. The van der Waals surface area contributed by atoms with Crippen molar-refractivity contribution in [3.05, 3.63) is 70.5 Å². The Labute approximate surface area is 153 Å². The van der Waals surface area contributed by atoms with E-state index in [0.717, 1.165) is 12.0 Å². The minimum absolute atomic E-state index is 0.256. The van der Waals surface area contributed by atoms with Crippen molar-refractivity contribution in [1.82, 2.24) is 10.2 Å². The second-order valence-corrected chi connectivity index (χ2v) is 6.59. The highest BCUT2D eigenvalue weighted by molar-refractivity contribution is 7.80. The first-order chi connectivity index (χ1) is 11.5. The largest absolute Gasteiger partial charge is 0.360 e. The number of halogens is 2. The predicted molar refractivity (Wildman–Crippen MR) is 103 cm³/mol. The van der Waals surface area contributed by atoms with E-state index in [1.165, 1.54) is 6.07 Å². The van der Waals surface area contributed by atoms with Gasteiger partial charge in [-0.1, -0.05) is 54.9 Å². The highest BCUT2D eigenvalue weighted by Crippen LogP contribution is 2.22. The van der Waals surface area contributed by atoms with Crippen molar-refractivity contribution in [2.75, 3.05) is 0 Å². The normalized spacial score (nSPS) is 11.8. The third-order valence-corrected chi connectivity index (χ3v) is 4.63. The zero-order valence-electron chi connectivity index (χ0n) is 13.9. The van der Waals surface area contributed by atoms with Crippen LogP contribution < -0.4 is 5.32 Å². The Morgan fingerprint density at radius 1 is 1.17 bits per heavy atom. The van der Waals surface area contributed by atoms with Gasteiger partial charge in [0.2, 0.25) is 0 Å². The van der Waals surface area contributed by atoms with Gasteiger partial charge in [0.25, 0.3) is 0 Å². The molecule has 0 amide bonds. The molecule has 5 heteroatoms. The summed E-state index contributed by atoms with van der Waals surface area (Å²) >= 11 is 11.7. The Kier molecular flexibility index (Phi) is 7.00. The number of rotatable bonds is 6. The molecule has 2 aromatic carbocycles. The summed E-state index contributed by atoms with van der Waals surface area (Å²) < 4.78 is 14.2. The zero-order valence-corrected chi connectivity index (χ0v) is 15.5. The molecule has 0 radical (unpaired) electrons. The molecule has 0 bridgehead atoms. The summed E-state index contributed by atoms with van der Waals surface area (Å²) in [6.45, 7) is 5.08. The van der Waals surface area contributed by atoms with Crippen LogP contribution in [0.4, 0.5) is 4.39 Å². The van der Waals surface area contributed by atoms with Gasteiger partial charge in [0.1, 0.15) is 5.82 Å². The quantitative estimate of drug-likeness (QED) is 0.713. The minimum Gasteiger partial charge on any atom is -0.360 e. The molecular formula is C19H22ClFN2S. The molecule has 0 aromatic heterocycles. The van der Waals surface area contributed by atoms with Crippen molar-refractivity contribution in [3.63, 3.8) is 0 Å². The second kappa shape index (κ2) is 9.00. The fraction of sp³-hybridized carbons (Fsp3) is 0.316. The van der Waals surface area contributed by atoms with Crippen LogP contribution in [0.15, 0.2) is 48.5 Å². The van der Waals surface area contributed by atoms with Crippen LogP contribution >= 0.6 is 23.8 Å². The van der Waals surface area contributed by atoms with Crippen LogP contribution in [0.2, 0.25) is 5.02 Å². The molecule has 0 unspecified atom stereocenters. The van der Waals surface area contributed by atoms with Crippen molar-refractivity contribution in [3.8, 4) is 0 Å². The standard InChI is InChI=1S/C19H22ClFN2S/c1-3-14(2)22-19(24)23(12-15-8-5-4-6-9-15)13-16-17(20)10-7-11-18(16)21/h4-11,14H,3,12-13H2,1-2H3,(H,22,24)/t14-/m1/s1. The maximum atomic E-state index is 14.2. The predicted octanol–water partition coefficient (Wildman–Crippen LogP) is 5.15. The summed E-state index contributed by atoms with van der Waals surface area (Å²) in [4.78, 5) is 1.95. The maximum absolute atomic E-state index is 14.2. The van der Waals surface area contributed by atoms with E-state index in [4.69, 9.17) is 23.8 Å². The highest BCUT2D eigenvalue weighted by atomic mass is 35.5. The van der Waals surface area contributed by atoms with Gasteiger partial charge in [-0.2, -0.15) is 0 Å². The van der Waals surface area contributed by atoms with E-state index in [1.54, 1.807) is 12.1 Å². The lowest BCUT2D eigenvalue weighted by Gasteiger charge is -2.28. The first-order valence-corrected chi connectivity index (χ1v) is 8.82. The van der Waals surface area contributed by atoms with E-state index in [0.29, 0.717) is 28.8 Å².